The third kappa shape index (κ3) is 5.44. The molecule has 1 aromatic rings. The summed E-state index contributed by atoms with van der Waals surface area (Å²) < 4.78 is 5.38. The van der Waals surface area contributed by atoms with Gasteiger partial charge in [0.25, 0.3) is 5.91 Å². The van der Waals surface area contributed by atoms with Crippen molar-refractivity contribution in [1.82, 2.24) is 10.6 Å². The molecule has 2 rings (SSSR count). The van der Waals surface area contributed by atoms with Crippen LogP contribution in [0.2, 0.25) is 0 Å². The fraction of sp³-hybridized carbons (Fsp3) is 0.609. The molecule has 0 bridgehead atoms. The highest BCUT2D eigenvalue weighted by Crippen LogP contribution is 2.23. The Morgan fingerprint density at radius 2 is 1.79 bits per heavy atom. The number of amides is 2. The Bertz CT molecular complexity index is 764. The summed E-state index contributed by atoms with van der Waals surface area (Å²) in [6.07, 6.45) is 0.0521. The number of nitrogens with one attached hydrogen (secondary N) is 2. The van der Waals surface area contributed by atoms with Crippen LogP contribution in [0.15, 0.2) is 24.3 Å². The molecule has 2 N–H and O–H groups in total. The van der Waals surface area contributed by atoms with Crippen molar-refractivity contribution >= 4 is 17.6 Å². The van der Waals surface area contributed by atoms with E-state index in [0.29, 0.717) is 12.0 Å². The van der Waals surface area contributed by atoms with Crippen molar-refractivity contribution in [2.45, 2.75) is 78.0 Å². The number of rotatable bonds is 6. The molecule has 0 radical (unpaired) electrons. The fourth-order valence-electron chi connectivity index (χ4n) is 3.32. The quantitative estimate of drug-likeness (QED) is 0.766. The smallest absolute Gasteiger partial charge is 0.251 e. The Hall–Kier alpha value is -2.21. The molecule has 0 aromatic heterocycles. The zero-order chi connectivity index (χ0) is 22.0. The maximum atomic E-state index is 12.9. The van der Waals surface area contributed by atoms with Crippen molar-refractivity contribution in [2.24, 2.45) is 5.92 Å². The van der Waals surface area contributed by atoms with Crippen LogP contribution in [0.3, 0.4) is 0 Å². The molecule has 0 saturated carbocycles. The molecule has 0 spiro atoms. The van der Waals surface area contributed by atoms with Gasteiger partial charge in [-0.1, -0.05) is 46.8 Å². The average Bonchev–Trinajstić information content (AvgIpc) is 2.87. The first kappa shape index (κ1) is 23.1. The summed E-state index contributed by atoms with van der Waals surface area (Å²) >= 11 is 0. The van der Waals surface area contributed by atoms with Crippen LogP contribution in [0.25, 0.3) is 0 Å². The van der Waals surface area contributed by atoms with Gasteiger partial charge in [-0.3, -0.25) is 14.4 Å². The number of benzene rings is 1. The molecule has 3 atom stereocenters. The number of ketones is 1. The molecule has 1 aromatic carbocycles. The highest BCUT2D eigenvalue weighted by molar-refractivity contribution is 6.00. The highest BCUT2D eigenvalue weighted by atomic mass is 16.5. The minimum atomic E-state index is -1.08. The minimum Gasteiger partial charge on any atom is -0.368 e. The van der Waals surface area contributed by atoms with Crippen molar-refractivity contribution in [3.63, 3.8) is 0 Å². The van der Waals surface area contributed by atoms with E-state index in [1.54, 1.807) is 26.0 Å². The van der Waals surface area contributed by atoms with Crippen LogP contribution in [0.5, 0.6) is 0 Å². The summed E-state index contributed by atoms with van der Waals surface area (Å²) in [7, 11) is 0. The van der Waals surface area contributed by atoms with Gasteiger partial charge in [0.1, 0.15) is 18.2 Å². The highest BCUT2D eigenvalue weighted by Gasteiger charge is 2.47. The maximum Gasteiger partial charge on any atom is 0.251 e. The van der Waals surface area contributed by atoms with Crippen LogP contribution in [0.4, 0.5) is 0 Å². The standard InChI is InChI=1S/C23H34N2O4/c1-14(2)12-18(21(28)25-23(7)15(3)29-13-19(23)26)24-20(27)16-8-10-17(11-9-16)22(4,5)6/h8-11,14-15,18H,12-13H2,1-7H3,(H,24,27)(H,25,28)/t15-,18?,23+/m0/s1. The minimum absolute atomic E-state index is 0.00288. The Morgan fingerprint density at radius 3 is 2.24 bits per heavy atom. The first-order valence-electron chi connectivity index (χ1n) is 10.2. The predicted molar refractivity (Wildman–Crippen MR) is 113 cm³/mol. The van der Waals surface area contributed by atoms with E-state index in [9.17, 15) is 14.4 Å². The fourth-order valence-corrected chi connectivity index (χ4v) is 3.32. The van der Waals surface area contributed by atoms with E-state index in [1.165, 1.54) is 0 Å². The van der Waals surface area contributed by atoms with E-state index >= 15 is 0 Å². The molecular formula is C23H34N2O4. The molecule has 1 unspecified atom stereocenters. The van der Waals surface area contributed by atoms with E-state index in [2.05, 4.69) is 31.4 Å². The Labute approximate surface area is 173 Å². The lowest BCUT2D eigenvalue weighted by molar-refractivity contribution is -0.130. The van der Waals surface area contributed by atoms with Gasteiger partial charge in [-0.05, 0) is 49.3 Å². The molecule has 1 aliphatic rings. The second-order valence-corrected chi connectivity index (χ2v) is 9.55. The SMILES string of the molecule is CC(C)CC(NC(=O)c1ccc(C(C)(C)C)cc1)C(=O)N[C@@]1(C)C(=O)CO[C@H]1C. The molecule has 6 nitrogen and oxygen atoms in total. The van der Waals surface area contributed by atoms with Crippen LogP contribution in [-0.2, 0) is 19.7 Å². The maximum absolute atomic E-state index is 12.9. The summed E-state index contributed by atoms with van der Waals surface area (Å²) in [5, 5.41) is 5.66. The van der Waals surface area contributed by atoms with Gasteiger partial charge in [0, 0.05) is 5.56 Å². The molecule has 160 valence electrons. The van der Waals surface area contributed by atoms with Crippen molar-refractivity contribution in [3.05, 3.63) is 35.4 Å². The van der Waals surface area contributed by atoms with E-state index < -0.39 is 17.7 Å². The van der Waals surface area contributed by atoms with E-state index in [0.717, 1.165) is 5.56 Å². The van der Waals surface area contributed by atoms with Crippen LogP contribution >= 0.6 is 0 Å². The van der Waals surface area contributed by atoms with Crippen LogP contribution in [0, 0.1) is 5.92 Å². The largest absolute Gasteiger partial charge is 0.368 e. The second kappa shape index (κ2) is 8.66. The van der Waals surface area contributed by atoms with Gasteiger partial charge in [-0.25, -0.2) is 0 Å². The number of Topliss-reactive ketones (excluding diaryl/α,β-unsaturated/α-hetero) is 1. The molecule has 1 saturated heterocycles. The van der Waals surface area contributed by atoms with Gasteiger partial charge >= 0.3 is 0 Å². The van der Waals surface area contributed by atoms with E-state index in [1.807, 2.05) is 26.0 Å². The first-order chi connectivity index (χ1) is 13.3. The zero-order valence-corrected chi connectivity index (χ0v) is 18.6. The average molecular weight is 403 g/mol. The monoisotopic (exact) mass is 402 g/mol. The lowest BCUT2D eigenvalue weighted by Gasteiger charge is -2.30. The first-order valence-corrected chi connectivity index (χ1v) is 10.2. The van der Waals surface area contributed by atoms with Crippen LogP contribution < -0.4 is 10.6 Å². The number of carbonyl (C=O) groups excluding carboxylic acids is 3. The topological polar surface area (TPSA) is 84.5 Å². The Morgan fingerprint density at radius 1 is 1.21 bits per heavy atom. The van der Waals surface area contributed by atoms with Gasteiger partial charge in [0.05, 0.1) is 6.10 Å². The number of carbonyl (C=O) groups is 3. The molecule has 1 fully saturated rings. The number of hydrogen-bond donors (Lipinski definition) is 2. The molecule has 1 aliphatic heterocycles. The van der Waals surface area contributed by atoms with Crippen molar-refractivity contribution in [1.29, 1.82) is 0 Å². The van der Waals surface area contributed by atoms with Crippen molar-refractivity contribution < 1.29 is 19.1 Å². The summed E-state index contributed by atoms with van der Waals surface area (Å²) in [6, 6.07) is 6.69. The van der Waals surface area contributed by atoms with Crippen LogP contribution in [0.1, 0.15) is 70.8 Å². The third-order valence-corrected chi connectivity index (χ3v) is 5.58. The molecule has 29 heavy (non-hydrogen) atoms. The van der Waals surface area contributed by atoms with Crippen molar-refractivity contribution in [3.8, 4) is 0 Å². The van der Waals surface area contributed by atoms with Gasteiger partial charge in [0.2, 0.25) is 5.91 Å². The Kier molecular flexibility index (Phi) is 6.89. The summed E-state index contributed by atoms with van der Waals surface area (Å²) in [5.74, 6) is -0.647. The molecular weight excluding hydrogens is 368 g/mol. The molecule has 6 heteroatoms. The molecule has 0 aliphatic carbocycles. The molecule has 2 amide bonds. The van der Waals surface area contributed by atoms with Gasteiger partial charge in [-0.15, -0.1) is 0 Å². The van der Waals surface area contributed by atoms with Gasteiger partial charge in [-0.2, -0.15) is 0 Å². The normalized spacial score (nSPS) is 23.2. The lowest BCUT2D eigenvalue weighted by atomic mass is 9.86. The van der Waals surface area contributed by atoms with Gasteiger partial charge < -0.3 is 15.4 Å². The van der Waals surface area contributed by atoms with Crippen molar-refractivity contribution in [2.75, 3.05) is 6.61 Å². The Balaban J connectivity index is 2.14. The third-order valence-electron chi connectivity index (χ3n) is 5.58. The van der Waals surface area contributed by atoms with E-state index in [4.69, 9.17) is 4.74 Å². The van der Waals surface area contributed by atoms with Gasteiger partial charge in [0.15, 0.2) is 5.78 Å². The summed E-state index contributed by atoms with van der Waals surface area (Å²) in [4.78, 5) is 37.9. The summed E-state index contributed by atoms with van der Waals surface area (Å²) in [5.41, 5.74) is 0.550. The molecule has 1 heterocycles. The van der Waals surface area contributed by atoms with Crippen LogP contribution in [-0.4, -0.2) is 41.9 Å². The number of hydrogen-bond acceptors (Lipinski definition) is 4. The lowest BCUT2D eigenvalue weighted by Crippen LogP contribution is -2.60. The predicted octanol–water partition coefficient (Wildman–Crippen LogP) is 2.99. The van der Waals surface area contributed by atoms with E-state index in [-0.39, 0.29) is 35.5 Å². The number of ether oxygens (including phenoxy) is 1. The zero-order valence-electron chi connectivity index (χ0n) is 18.6. The second-order valence-electron chi connectivity index (χ2n) is 9.55. The summed E-state index contributed by atoms with van der Waals surface area (Å²) in [6.45, 7) is 13.7.